The van der Waals surface area contributed by atoms with Crippen molar-refractivity contribution in [1.29, 1.82) is 0 Å². The normalized spacial score (nSPS) is 14.5. The van der Waals surface area contributed by atoms with E-state index in [1.54, 1.807) is 17.2 Å². The summed E-state index contributed by atoms with van der Waals surface area (Å²) < 4.78 is 2.78. The summed E-state index contributed by atoms with van der Waals surface area (Å²) in [7, 11) is 0. The van der Waals surface area contributed by atoms with E-state index < -0.39 is 0 Å². The Labute approximate surface area is 164 Å². The lowest BCUT2D eigenvalue weighted by atomic mass is 10.2. The molecule has 3 heterocycles. The molecule has 0 bridgehead atoms. The number of hydrogen-bond acceptors (Lipinski definition) is 5. The summed E-state index contributed by atoms with van der Waals surface area (Å²) in [4.78, 5) is 25.4. The van der Waals surface area contributed by atoms with Gasteiger partial charge in [-0.25, -0.2) is 14.6 Å². The highest BCUT2D eigenvalue weighted by atomic mass is 127. The zero-order chi connectivity index (χ0) is 17.9. The summed E-state index contributed by atoms with van der Waals surface area (Å²) in [6.45, 7) is 2.83. The van der Waals surface area contributed by atoms with Crippen LogP contribution in [0.3, 0.4) is 0 Å². The van der Waals surface area contributed by atoms with Gasteiger partial charge in [0.2, 0.25) is 0 Å². The number of hydrogen-bond donors (Lipinski definition) is 0. The lowest BCUT2D eigenvalue weighted by molar-refractivity contribution is 0.0746. The number of carbonyl (C=O) groups is 1. The van der Waals surface area contributed by atoms with Crippen molar-refractivity contribution in [2.75, 3.05) is 31.1 Å². The molecule has 0 atom stereocenters. The molecular weight excluding hydrogens is 443 g/mol. The average molecular weight is 460 g/mol. The standard InChI is InChI=1S/C18H17IN6O/c19-15-4-1-3-14(11-15)18(26)24-9-7-23(8-10-24)16-12-17(21-13-20-16)25-6-2-5-22-25/h1-6,11-13H,7-10H2. The molecule has 0 saturated carbocycles. The average Bonchev–Trinajstić information content (AvgIpc) is 3.23. The molecule has 26 heavy (non-hydrogen) atoms. The van der Waals surface area contributed by atoms with Crippen LogP contribution in [0.1, 0.15) is 10.4 Å². The Bertz CT molecular complexity index is 906. The summed E-state index contributed by atoms with van der Waals surface area (Å²) in [5.41, 5.74) is 0.744. The van der Waals surface area contributed by atoms with E-state index in [1.807, 2.05) is 47.5 Å². The number of nitrogens with zero attached hydrogens (tertiary/aromatic N) is 6. The first-order chi connectivity index (χ1) is 12.7. The molecule has 2 aromatic heterocycles. The molecule has 1 aliphatic heterocycles. The maximum absolute atomic E-state index is 12.7. The van der Waals surface area contributed by atoms with Crippen LogP contribution >= 0.6 is 22.6 Å². The highest BCUT2D eigenvalue weighted by Gasteiger charge is 2.23. The molecule has 0 radical (unpaired) electrons. The van der Waals surface area contributed by atoms with E-state index >= 15 is 0 Å². The van der Waals surface area contributed by atoms with E-state index in [2.05, 4.69) is 42.6 Å². The lowest BCUT2D eigenvalue weighted by Crippen LogP contribution is -2.49. The van der Waals surface area contributed by atoms with Crippen molar-refractivity contribution in [3.63, 3.8) is 0 Å². The zero-order valence-corrected chi connectivity index (χ0v) is 16.2. The van der Waals surface area contributed by atoms with Gasteiger partial charge in [-0.3, -0.25) is 4.79 Å². The predicted molar refractivity (Wildman–Crippen MR) is 106 cm³/mol. The smallest absolute Gasteiger partial charge is 0.254 e. The number of halogens is 1. The highest BCUT2D eigenvalue weighted by molar-refractivity contribution is 14.1. The van der Waals surface area contributed by atoms with Gasteiger partial charge in [0.05, 0.1) is 0 Å². The number of rotatable bonds is 3. The van der Waals surface area contributed by atoms with E-state index in [4.69, 9.17) is 0 Å². The monoisotopic (exact) mass is 460 g/mol. The summed E-state index contributed by atoms with van der Waals surface area (Å²) in [5.74, 6) is 1.67. The van der Waals surface area contributed by atoms with E-state index in [9.17, 15) is 4.79 Å². The summed E-state index contributed by atoms with van der Waals surface area (Å²) in [6.07, 6.45) is 5.12. The van der Waals surface area contributed by atoms with Crippen LogP contribution in [0.5, 0.6) is 0 Å². The third-order valence-electron chi connectivity index (χ3n) is 4.34. The fraction of sp³-hybridized carbons (Fsp3) is 0.222. The molecule has 7 nitrogen and oxygen atoms in total. The Hall–Kier alpha value is -2.49. The zero-order valence-electron chi connectivity index (χ0n) is 14.0. The second-order valence-corrected chi connectivity index (χ2v) is 7.22. The van der Waals surface area contributed by atoms with Crippen LogP contribution in [-0.2, 0) is 0 Å². The SMILES string of the molecule is O=C(c1cccc(I)c1)N1CCN(c2cc(-n3cccn3)ncn2)CC1. The van der Waals surface area contributed by atoms with Gasteiger partial charge in [-0.1, -0.05) is 6.07 Å². The van der Waals surface area contributed by atoms with Crippen LogP contribution in [0.4, 0.5) is 5.82 Å². The first kappa shape index (κ1) is 17.0. The molecule has 0 aliphatic carbocycles. The minimum absolute atomic E-state index is 0.0862. The minimum atomic E-state index is 0.0862. The van der Waals surface area contributed by atoms with Crippen molar-refractivity contribution in [1.82, 2.24) is 24.6 Å². The number of carbonyl (C=O) groups excluding carboxylic acids is 1. The Morgan fingerprint density at radius 2 is 1.81 bits per heavy atom. The molecule has 1 saturated heterocycles. The molecule has 0 unspecified atom stereocenters. The second kappa shape index (κ2) is 7.40. The van der Waals surface area contributed by atoms with Gasteiger partial charge in [-0.2, -0.15) is 5.10 Å². The molecule has 132 valence electrons. The number of anilines is 1. The predicted octanol–water partition coefficient (Wildman–Crippen LogP) is 2.23. The molecule has 3 aromatic rings. The van der Waals surface area contributed by atoms with Crippen LogP contribution in [-0.4, -0.2) is 56.7 Å². The largest absolute Gasteiger partial charge is 0.353 e. The number of aromatic nitrogens is 4. The molecule has 8 heteroatoms. The Balaban J connectivity index is 1.44. The molecule has 0 spiro atoms. The molecular formula is C18H17IN6O. The third kappa shape index (κ3) is 3.55. The van der Waals surface area contributed by atoms with Gasteiger partial charge in [0, 0.05) is 53.8 Å². The van der Waals surface area contributed by atoms with Gasteiger partial charge in [-0.15, -0.1) is 0 Å². The van der Waals surface area contributed by atoms with E-state index in [1.165, 1.54) is 0 Å². The van der Waals surface area contributed by atoms with Crippen molar-refractivity contribution >= 4 is 34.3 Å². The van der Waals surface area contributed by atoms with Gasteiger partial charge in [-0.05, 0) is 46.9 Å². The van der Waals surface area contributed by atoms with Crippen LogP contribution < -0.4 is 4.90 Å². The number of piperazine rings is 1. The topological polar surface area (TPSA) is 67.2 Å². The molecule has 4 rings (SSSR count). The van der Waals surface area contributed by atoms with Crippen LogP contribution in [0.15, 0.2) is 55.1 Å². The van der Waals surface area contributed by atoms with Gasteiger partial charge in [0.15, 0.2) is 5.82 Å². The van der Waals surface area contributed by atoms with Crippen LogP contribution in [0, 0.1) is 3.57 Å². The minimum Gasteiger partial charge on any atom is -0.353 e. The number of benzene rings is 1. The van der Waals surface area contributed by atoms with Crippen molar-refractivity contribution < 1.29 is 4.79 Å². The first-order valence-electron chi connectivity index (χ1n) is 8.32. The fourth-order valence-electron chi connectivity index (χ4n) is 2.98. The van der Waals surface area contributed by atoms with E-state index in [-0.39, 0.29) is 5.91 Å². The van der Waals surface area contributed by atoms with Crippen LogP contribution in [0.25, 0.3) is 5.82 Å². The van der Waals surface area contributed by atoms with Crippen LogP contribution in [0.2, 0.25) is 0 Å². The lowest BCUT2D eigenvalue weighted by Gasteiger charge is -2.35. The van der Waals surface area contributed by atoms with Crippen molar-refractivity contribution in [2.45, 2.75) is 0 Å². The molecule has 1 amide bonds. The van der Waals surface area contributed by atoms with E-state index in [0.29, 0.717) is 13.1 Å². The summed E-state index contributed by atoms with van der Waals surface area (Å²) in [6, 6.07) is 11.5. The molecule has 1 fully saturated rings. The van der Waals surface area contributed by atoms with Gasteiger partial charge in [0.1, 0.15) is 12.1 Å². The van der Waals surface area contributed by atoms with Crippen molar-refractivity contribution in [3.8, 4) is 5.82 Å². The van der Waals surface area contributed by atoms with Gasteiger partial charge in [0.25, 0.3) is 5.91 Å². The second-order valence-electron chi connectivity index (χ2n) is 5.97. The highest BCUT2D eigenvalue weighted by Crippen LogP contribution is 2.17. The first-order valence-corrected chi connectivity index (χ1v) is 9.40. The van der Waals surface area contributed by atoms with Gasteiger partial charge >= 0.3 is 0 Å². The summed E-state index contributed by atoms with van der Waals surface area (Å²) >= 11 is 2.23. The maximum Gasteiger partial charge on any atom is 0.254 e. The number of amides is 1. The molecule has 0 N–H and O–H groups in total. The Morgan fingerprint density at radius 1 is 1.00 bits per heavy atom. The fourth-order valence-corrected chi connectivity index (χ4v) is 3.53. The summed E-state index contributed by atoms with van der Waals surface area (Å²) in [5, 5.41) is 4.20. The molecule has 1 aromatic carbocycles. The quantitative estimate of drug-likeness (QED) is 0.561. The van der Waals surface area contributed by atoms with Crippen molar-refractivity contribution in [2.24, 2.45) is 0 Å². The maximum atomic E-state index is 12.7. The van der Waals surface area contributed by atoms with Gasteiger partial charge < -0.3 is 9.80 Å². The Morgan fingerprint density at radius 3 is 2.54 bits per heavy atom. The Kier molecular flexibility index (Phi) is 4.83. The van der Waals surface area contributed by atoms with E-state index in [0.717, 1.165) is 33.9 Å². The third-order valence-corrected chi connectivity index (χ3v) is 5.01. The molecule has 1 aliphatic rings. The van der Waals surface area contributed by atoms with Crippen molar-refractivity contribution in [3.05, 3.63) is 64.3 Å².